The van der Waals surface area contributed by atoms with E-state index in [1.165, 1.54) is 18.2 Å². The number of anilines is 2. The van der Waals surface area contributed by atoms with Crippen molar-refractivity contribution < 1.29 is 23.1 Å². The molecule has 0 amide bonds. The minimum absolute atomic E-state index is 0.178. The number of nitrogens with one attached hydrogen (secondary N) is 1. The van der Waals surface area contributed by atoms with Crippen LogP contribution in [-0.2, 0) is 11.2 Å². The molecule has 0 aliphatic carbocycles. The first-order valence-corrected chi connectivity index (χ1v) is 7.38. The number of carboxylic acids is 1. The van der Waals surface area contributed by atoms with E-state index in [4.69, 9.17) is 5.11 Å². The Labute approximate surface area is 140 Å². The molecule has 1 heterocycles. The second-order valence-corrected chi connectivity index (χ2v) is 5.53. The average Bonchev–Trinajstić information content (AvgIpc) is 2.54. The van der Waals surface area contributed by atoms with E-state index in [9.17, 15) is 18.0 Å². The Bertz CT molecular complexity index is 990. The summed E-state index contributed by atoms with van der Waals surface area (Å²) in [7, 11) is 0. The van der Waals surface area contributed by atoms with E-state index in [0.29, 0.717) is 11.2 Å². The highest BCUT2D eigenvalue weighted by Crippen LogP contribution is 2.33. The largest absolute Gasteiger partial charge is 0.481 e. The molecule has 0 unspecified atom stereocenters. The Hall–Kier alpha value is -3.09. The van der Waals surface area contributed by atoms with E-state index in [1.807, 2.05) is 0 Å². The van der Waals surface area contributed by atoms with Crippen molar-refractivity contribution in [1.82, 2.24) is 4.98 Å². The fraction of sp³-hybridized carbons (Fsp3) is 0.111. The van der Waals surface area contributed by atoms with E-state index < -0.39 is 29.8 Å². The highest BCUT2D eigenvalue weighted by Gasteiger charge is 2.17. The van der Waals surface area contributed by atoms with E-state index in [2.05, 4.69) is 10.3 Å². The van der Waals surface area contributed by atoms with Gasteiger partial charge in [0.05, 0.1) is 23.3 Å². The lowest BCUT2D eigenvalue weighted by atomic mass is 10.0. The summed E-state index contributed by atoms with van der Waals surface area (Å²) in [6.45, 7) is 1.61. The minimum atomic E-state index is -1.12. The quantitative estimate of drug-likeness (QED) is 0.738. The molecule has 1 aromatic heterocycles. The van der Waals surface area contributed by atoms with Gasteiger partial charge in [-0.1, -0.05) is 0 Å². The van der Waals surface area contributed by atoms with Crippen LogP contribution in [0.1, 0.15) is 11.3 Å². The number of halogens is 3. The highest BCUT2D eigenvalue weighted by molar-refractivity contribution is 5.96. The smallest absolute Gasteiger partial charge is 0.307 e. The second-order valence-electron chi connectivity index (χ2n) is 5.53. The lowest BCUT2D eigenvalue weighted by Crippen LogP contribution is -2.09. The first kappa shape index (κ1) is 16.8. The van der Waals surface area contributed by atoms with Crippen LogP contribution < -0.4 is 5.32 Å². The maximum absolute atomic E-state index is 14.0. The van der Waals surface area contributed by atoms with Gasteiger partial charge >= 0.3 is 5.97 Å². The number of nitrogens with zero attached hydrogens (tertiary/aromatic N) is 1. The van der Waals surface area contributed by atoms with Gasteiger partial charge in [-0.2, -0.15) is 0 Å². The Kier molecular flexibility index (Phi) is 4.31. The van der Waals surface area contributed by atoms with Gasteiger partial charge in [0.25, 0.3) is 0 Å². The first-order chi connectivity index (χ1) is 11.8. The summed E-state index contributed by atoms with van der Waals surface area (Å²) < 4.78 is 41.1. The van der Waals surface area contributed by atoms with Crippen LogP contribution in [0.5, 0.6) is 0 Å². The van der Waals surface area contributed by atoms with Gasteiger partial charge in [0.15, 0.2) is 0 Å². The average molecular weight is 346 g/mol. The number of fused-ring (bicyclic) bond motifs is 1. The third-order valence-electron chi connectivity index (χ3n) is 3.77. The van der Waals surface area contributed by atoms with Crippen molar-refractivity contribution in [1.29, 1.82) is 0 Å². The zero-order valence-corrected chi connectivity index (χ0v) is 13.1. The summed E-state index contributed by atoms with van der Waals surface area (Å²) in [5.41, 5.74) is 1.10. The fourth-order valence-electron chi connectivity index (χ4n) is 2.64. The lowest BCUT2D eigenvalue weighted by Gasteiger charge is -2.17. The Morgan fingerprint density at radius 2 is 1.80 bits per heavy atom. The van der Waals surface area contributed by atoms with Crippen molar-refractivity contribution in [3.05, 3.63) is 65.1 Å². The van der Waals surface area contributed by atoms with E-state index >= 15 is 0 Å². The van der Waals surface area contributed by atoms with Crippen LogP contribution in [0.3, 0.4) is 0 Å². The second kappa shape index (κ2) is 6.43. The molecule has 0 bridgehead atoms. The maximum Gasteiger partial charge on any atom is 0.307 e. The van der Waals surface area contributed by atoms with Gasteiger partial charge in [0.1, 0.15) is 17.5 Å². The summed E-state index contributed by atoms with van der Waals surface area (Å²) in [6.07, 6.45) is -0.398. The minimum Gasteiger partial charge on any atom is -0.481 e. The first-order valence-electron chi connectivity index (χ1n) is 7.38. The normalized spacial score (nSPS) is 10.9. The molecule has 4 nitrogen and oxygen atoms in total. The van der Waals surface area contributed by atoms with E-state index in [-0.39, 0.29) is 22.3 Å². The molecule has 0 fully saturated rings. The number of aromatic nitrogens is 1. The third-order valence-corrected chi connectivity index (χ3v) is 3.77. The van der Waals surface area contributed by atoms with Crippen LogP contribution in [0.15, 0.2) is 36.4 Å². The van der Waals surface area contributed by atoms with E-state index in [0.717, 1.165) is 18.2 Å². The standard InChI is InChI=1S/C18H13F3N2O2/c1-9-12(8-17(24)25)18(13-6-10(19)3-5-15(13)22-9)23-16-7-11(20)2-4-14(16)21/h2-7H,8H2,1H3,(H,22,23)(H,24,25). The number of aryl methyl sites for hydroxylation is 1. The van der Waals surface area contributed by atoms with Gasteiger partial charge in [-0.25, -0.2) is 13.2 Å². The van der Waals surface area contributed by atoms with Gasteiger partial charge in [0, 0.05) is 22.7 Å². The van der Waals surface area contributed by atoms with Gasteiger partial charge in [-0.05, 0) is 37.3 Å². The fourth-order valence-corrected chi connectivity index (χ4v) is 2.64. The van der Waals surface area contributed by atoms with Crippen LogP contribution in [0.2, 0.25) is 0 Å². The summed E-state index contributed by atoms with van der Waals surface area (Å²) in [5, 5.41) is 12.1. The zero-order chi connectivity index (χ0) is 18.1. The molecule has 2 N–H and O–H groups in total. The zero-order valence-electron chi connectivity index (χ0n) is 13.1. The Balaban J connectivity index is 2.26. The van der Waals surface area contributed by atoms with Crippen molar-refractivity contribution in [3.63, 3.8) is 0 Å². The molecule has 3 rings (SSSR count). The Morgan fingerprint density at radius 1 is 1.12 bits per heavy atom. The molecule has 0 atom stereocenters. The number of carboxylic acid groups (broad SMARTS) is 1. The molecule has 3 aromatic rings. The van der Waals surface area contributed by atoms with Crippen LogP contribution in [-0.4, -0.2) is 16.1 Å². The maximum atomic E-state index is 14.0. The van der Waals surface area contributed by atoms with Crippen molar-refractivity contribution in [2.24, 2.45) is 0 Å². The molecule has 25 heavy (non-hydrogen) atoms. The van der Waals surface area contributed by atoms with E-state index in [1.54, 1.807) is 6.92 Å². The number of rotatable bonds is 4. The molecule has 128 valence electrons. The topological polar surface area (TPSA) is 62.2 Å². The summed E-state index contributed by atoms with van der Waals surface area (Å²) >= 11 is 0. The van der Waals surface area contributed by atoms with Crippen molar-refractivity contribution in [2.75, 3.05) is 5.32 Å². The molecule has 0 aliphatic heterocycles. The number of hydrogen-bond acceptors (Lipinski definition) is 3. The number of hydrogen-bond donors (Lipinski definition) is 2. The number of benzene rings is 2. The molecule has 0 spiro atoms. The number of aliphatic carboxylic acids is 1. The molecule has 2 aromatic carbocycles. The predicted octanol–water partition coefficient (Wildman–Crippen LogP) is 4.33. The number of pyridine rings is 1. The van der Waals surface area contributed by atoms with Crippen molar-refractivity contribution in [3.8, 4) is 0 Å². The molecule has 0 saturated heterocycles. The highest BCUT2D eigenvalue weighted by atomic mass is 19.1. The van der Waals surface area contributed by atoms with Crippen LogP contribution in [0, 0.1) is 24.4 Å². The summed E-state index contributed by atoms with van der Waals surface area (Å²) in [5.74, 6) is -3.06. The summed E-state index contributed by atoms with van der Waals surface area (Å²) in [4.78, 5) is 15.5. The molecular weight excluding hydrogens is 333 g/mol. The SMILES string of the molecule is Cc1nc2ccc(F)cc2c(Nc2cc(F)ccc2F)c1CC(=O)O. The van der Waals surface area contributed by atoms with Crippen molar-refractivity contribution in [2.45, 2.75) is 13.3 Å². The van der Waals surface area contributed by atoms with Crippen LogP contribution >= 0.6 is 0 Å². The number of carbonyl (C=O) groups is 1. The molecular formula is C18H13F3N2O2. The molecule has 0 radical (unpaired) electrons. The molecule has 0 aliphatic rings. The van der Waals surface area contributed by atoms with Crippen LogP contribution in [0.4, 0.5) is 24.5 Å². The predicted molar refractivity (Wildman–Crippen MR) is 87.4 cm³/mol. The molecule has 0 saturated carbocycles. The summed E-state index contributed by atoms with van der Waals surface area (Å²) in [6, 6.07) is 6.69. The van der Waals surface area contributed by atoms with Gasteiger partial charge in [0.2, 0.25) is 0 Å². The van der Waals surface area contributed by atoms with Crippen molar-refractivity contribution >= 4 is 28.2 Å². The third kappa shape index (κ3) is 3.40. The Morgan fingerprint density at radius 3 is 2.52 bits per heavy atom. The van der Waals surface area contributed by atoms with Gasteiger partial charge < -0.3 is 10.4 Å². The monoisotopic (exact) mass is 346 g/mol. The van der Waals surface area contributed by atoms with Gasteiger partial charge in [-0.15, -0.1) is 0 Å². The lowest BCUT2D eigenvalue weighted by molar-refractivity contribution is -0.136. The van der Waals surface area contributed by atoms with Crippen LogP contribution in [0.25, 0.3) is 10.9 Å². The van der Waals surface area contributed by atoms with Gasteiger partial charge in [-0.3, -0.25) is 9.78 Å². The molecule has 7 heteroatoms.